The zero-order chi connectivity index (χ0) is 15.1. The first kappa shape index (κ1) is 13.8. The van der Waals surface area contributed by atoms with Crippen molar-refractivity contribution < 1.29 is 4.42 Å². The molecule has 0 radical (unpaired) electrons. The number of aromatic nitrogens is 1. The molecule has 2 aromatic rings. The van der Waals surface area contributed by atoms with Crippen molar-refractivity contribution >= 4 is 5.82 Å². The number of furan rings is 1. The maximum Gasteiger partial charge on any atom is 0.129 e. The van der Waals surface area contributed by atoms with Gasteiger partial charge in [-0.25, -0.2) is 4.98 Å². The first-order valence-corrected chi connectivity index (χ1v) is 8.20. The molecular weight excluding hydrogens is 274 g/mol. The minimum absolute atomic E-state index is 0.602. The zero-order valence-corrected chi connectivity index (χ0v) is 13.3. The van der Waals surface area contributed by atoms with E-state index in [-0.39, 0.29) is 0 Å². The highest BCUT2D eigenvalue weighted by molar-refractivity contribution is 5.43. The lowest BCUT2D eigenvalue weighted by molar-refractivity contribution is 0.225. The Morgan fingerprint density at radius 3 is 2.73 bits per heavy atom. The number of hydrogen-bond donors (Lipinski definition) is 0. The SMILES string of the molecule is Cc1cccc(N2CC[C@@H]3[C@@H]2CCN3Cc2ccc(C)o2)n1. The molecule has 0 saturated carbocycles. The van der Waals surface area contributed by atoms with Crippen LogP contribution in [0.5, 0.6) is 0 Å². The molecule has 0 N–H and O–H groups in total. The molecule has 0 bridgehead atoms. The summed E-state index contributed by atoms with van der Waals surface area (Å²) in [5.41, 5.74) is 1.10. The van der Waals surface area contributed by atoms with Gasteiger partial charge in [0.1, 0.15) is 17.3 Å². The predicted octanol–water partition coefficient (Wildman–Crippen LogP) is 3.14. The molecule has 2 atom stereocenters. The third-order valence-corrected chi connectivity index (χ3v) is 5.01. The van der Waals surface area contributed by atoms with E-state index in [1.807, 2.05) is 6.92 Å². The summed E-state index contributed by atoms with van der Waals surface area (Å²) >= 11 is 0. The minimum atomic E-state index is 0.602. The van der Waals surface area contributed by atoms with Gasteiger partial charge in [-0.05, 0) is 51.0 Å². The average molecular weight is 297 g/mol. The van der Waals surface area contributed by atoms with Crippen LogP contribution in [0, 0.1) is 13.8 Å². The van der Waals surface area contributed by atoms with Crippen molar-refractivity contribution in [3.05, 3.63) is 47.5 Å². The van der Waals surface area contributed by atoms with E-state index in [1.54, 1.807) is 0 Å². The monoisotopic (exact) mass is 297 g/mol. The van der Waals surface area contributed by atoms with E-state index in [0.717, 1.165) is 42.7 Å². The molecule has 0 spiro atoms. The molecule has 2 aromatic heterocycles. The first-order chi connectivity index (χ1) is 10.7. The first-order valence-electron chi connectivity index (χ1n) is 8.20. The van der Waals surface area contributed by atoms with Gasteiger partial charge in [-0.3, -0.25) is 4.90 Å². The second kappa shape index (κ2) is 5.43. The Morgan fingerprint density at radius 1 is 1.09 bits per heavy atom. The number of likely N-dealkylation sites (tertiary alicyclic amines) is 1. The van der Waals surface area contributed by atoms with Gasteiger partial charge in [-0.15, -0.1) is 0 Å². The minimum Gasteiger partial charge on any atom is -0.465 e. The van der Waals surface area contributed by atoms with Crippen LogP contribution >= 0.6 is 0 Å². The summed E-state index contributed by atoms with van der Waals surface area (Å²) < 4.78 is 5.75. The Kier molecular flexibility index (Phi) is 3.41. The maximum atomic E-state index is 5.75. The Hall–Kier alpha value is -1.81. The van der Waals surface area contributed by atoms with Crippen molar-refractivity contribution in [2.45, 2.75) is 45.3 Å². The number of aryl methyl sites for hydroxylation is 2. The summed E-state index contributed by atoms with van der Waals surface area (Å²) in [5, 5.41) is 0. The number of hydrogen-bond acceptors (Lipinski definition) is 4. The molecule has 2 saturated heterocycles. The molecule has 0 amide bonds. The lowest BCUT2D eigenvalue weighted by Gasteiger charge is -2.26. The lowest BCUT2D eigenvalue weighted by Crippen LogP contribution is -2.36. The van der Waals surface area contributed by atoms with Crippen LogP contribution in [0.15, 0.2) is 34.7 Å². The van der Waals surface area contributed by atoms with Gasteiger partial charge >= 0.3 is 0 Å². The smallest absolute Gasteiger partial charge is 0.129 e. The fraction of sp³-hybridized carbons (Fsp3) is 0.500. The topological polar surface area (TPSA) is 32.5 Å². The highest BCUT2D eigenvalue weighted by atomic mass is 16.3. The van der Waals surface area contributed by atoms with Gasteiger partial charge in [0.05, 0.1) is 6.54 Å². The average Bonchev–Trinajstić information content (AvgIpc) is 3.17. The highest BCUT2D eigenvalue weighted by Gasteiger charge is 2.43. The summed E-state index contributed by atoms with van der Waals surface area (Å²) in [7, 11) is 0. The quantitative estimate of drug-likeness (QED) is 0.871. The molecule has 0 aliphatic carbocycles. The number of pyridine rings is 1. The molecule has 4 heteroatoms. The Balaban J connectivity index is 1.49. The van der Waals surface area contributed by atoms with Crippen molar-refractivity contribution in [2.75, 3.05) is 18.0 Å². The van der Waals surface area contributed by atoms with Crippen molar-refractivity contribution in [2.24, 2.45) is 0 Å². The molecule has 4 rings (SSSR count). The fourth-order valence-electron chi connectivity index (χ4n) is 4.01. The van der Waals surface area contributed by atoms with Crippen LogP contribution in [0.25, 0.3) is 0 Å². The maximum absolute atomic E-state index is 5.75. The summed E-state index contributed by atoms with van der Waals surface area (Å²) in [4.78, 5) is 9.80. The summed E-state index contributed by atoms with van der Waals surface area (Å²) in [6.45, 7) is 7.27. The third-order valence-electron chi connectivity index (χ3n) is 5.01. The van der Waals surface area contributed by atoms with E-state index in [4.69, 9.17) is 9.40 Å². The van der Waals surface area contributed by atoms with E-state index in [9.17, 15) is 0 Å². The van der Waals surface area contributed by atoms with E-state index in [0.29, 0.717) is 12.1 Å². The normalized spacial score (nSPS) is 24.9. The van der Waals surface area contributed by atoms with Gasteiger partial charge < -0.3 is 9.32 Å². The standard InChI is InChI=1S/C18H23N3O/c1-13-4-3-5-18(19-13)21-11-9-16-17(21)8-10-20(16)12-15-7-6-14(2)22-15/h3-7,16-17H,8-12H2,1-2H3/t16-,17+/m1/s1. The number of nitrogens with zero attached hydrogens (tertiary/aromatic N) is 3. The van der Waals surface area contributed by atoms with E-state index in [2.05, 4.69) is 47.1 Å². The van der Waals surface area contributed by atoms with Crippen molar-refractivity contribution in [1.29, 1.82) is 0 Å². The van der Waals surface area contributed by atoms with Crippen LogP contribution in [0.4, 0.5) is 5.82 Å². The van der Waals surface area contributed by atoms with Crippen LogP contribution < -0.4 is 4.90 Å². The molecule has 22 heavy (non-hydrogen) atoms. The predicted molar refractivity (Wildman–Crippen MR) is 87.0 cm³/mol. The number of anilines is 1. The lowest BCUT2D eigenvalue weighted by atomic mass is 10.1. The molecule has 116 valence electrons. The fourth-order valence-corrected chi connectivity index (χ4v) is 4.01. The zero-order valence-electron chi connectivity index (χ0n) is 13.3. The van der Waals surface area contributed by atoms with E-state index >= 15 is 0 Å². The van der Waals surface area contributed by atoms with Crippen LogP contribution in [0.3, 0.4) is 0 Å². The van der Waals surface area contributed by atoms with Crippen LogP contribution in [0.1, 0.15) is 30.1 Å². The molecule has 2 fully saturated rings. The van der Waals surface area contributed by atoms with E-state index < -0.39 is 0 Å². The largest absolute Gasteiger partial charge is 0.465 e. The summed E-state index contributed by atoms with van der Waals surface area (Å²) in [6.07, 6.45) is 2.44. The van der Waals surface area contributed by atoms with Gasteiger partial charge in [0, 0.05) is 30.9 Å². The third kappa shape index (κ3) is 2.41. The molecule has 4 nitrogen and oxygen atoms in total. The molecule has 0 unspecified atom stereocenters. The number of rotatable bonds is 3. The van der Waals surface area contributed by atoms with Gasteiger partial charge in [-0.1, -0.05) is 6.07 Å². The van der Waals surface area contributed by atoms with Gasteiger partial charge in [0.2, 0.25) is 0 Å². The molecular formula is C18H23N3O. The van der Waals surface area contributed by atoms with Crippen LogP contribution in [0.2, 0.25) is 0 Å². The second-order valence-electron chi connectivity index (χ2n) is 6.53. The molecule has 2 aliphatic rings. The van der Waals surface area contributed by atoms with Crippen LogP contribution in [-0.4, -0.2) is 35.1 Å². The summed E-state index contributed by atoms with van der Waals surface area (Å²) in [5.74, 6) is 3.23. The molecule has 4 heterocycles. The Labute approximate surface area is 131 Å². The molecule has 2 aliphatic heterocycles. The Bertz CT molecular complexity index is 666. The van der Waals surface area contributed by atoms with Crippen molar-refractivity contribution in [3.8, 4) is 0 Å². The van der Waals surface area contributed by atoms with Gasteiger partial charge in [0.25, 0.3) is 0 Å². The van der Waals surface area contributed by atoms with Crippen molar-refractivity contribution in [1.82, 2.24) is 9.88 Å². The van der Waals surface area contributed by atoms with Gasteiger partial charge in [-0.2, -0.15) is 0 Å². The Morgan fingerprint density at radius 2 is 1.95 bits per heavy atom. The van der Waals surface area contributed by atoms with Gasteiger partial charge in [0.15, 0.2) is 0 Å². The van der Waals surface area contributed by atoms with Crippen LogP contribution in [-0.2, 0) is 6.54 Å². The summed E-state index contributed by atoms with van der Waals surface area (Å²) in [6, 6.07) is 11.7. The van der Waals surface area contributed by atoms with E-state index in [1.165, 1.54) is 12.8 Å². The highest BCUT2D eigenvalue weighted by Crippen LogP contribution is 2.35. The second-order valence-corrected chi connectivity index (χ2v) is 6.53. The molecule has 0 aromatic carbocycles. The number of fused-ring (bicyclic) bond motifs is 1. The van der Waals surface area contributed by atoms with Crippen molar-refractivity contribution in [3.63, 3.8) is 0 Å².